The molecule has 2 aromatic carbocycles. The van der Waals surface area contributed by atoms with Gasteiger partial charge in [-0.15, -0.1) is 11.3 Å². The highest BCUT2D eigenvalue weighted by molar-refractivity contribution is 7.16. The van der Waals surface area contributed by atoms with Crippen LogP contribution in [0.3, 0.4) is 0 Å². The van der Waals surface area contributed by atoms with Gasteiger partial charge in [0.1, 0.15) is 5.75 Å². The lowest BCUT2D eigenvalue weighted by Crippen LogP contribution is -2.14. The van der Waals surface area contributed by atoms with Gasteiger partial charge in [-0.1, -0.05) is 6.07 Å². The van der Waals surface area contributed by atoms with E-state index < -0.39 is 0 Å². The van der Waals surface area contributed by atoms with Crippen molar-refractivity contribution in [3.05, 3.63) is 52.9 Å². The Hall–Kier alpha value is -3.06. The van der Waals surface area contributed by atoms with Gasteiger partial charge in [0.25, 0.3) is 0 Å². The molecule has 1 amide bonds. The number of nitrogens with zero attached hydrogens (tertiary/aromatic N) is 1. The summed E-state index contributed by atoms with van der Waals surface area (Å²) in [7, 11) is 4.78. The van der Waals surface area contributed by atoms with Gasteiger partial charge in [0.15, 0.2) is 16.6 Å². The Morgan fingerprint density at radius 3 is 2.36 bits per heavy atom. The average molecular weight is 398 g/mol. The number of carbonyl (C=O) groups excluding carboxylic acids is 1. The van der Waals surface area contributed by atoms with Crippen molar-refractivity contribution >= 4 is 22.4 Å². The molecule has 146 valence electrons. The van der Waals surface area contributed by atoms with E-state index in [9.17, 15) is 4.79 Å². The van der Waals surface area contributed by atoms with E-state index in [0.717, 1.165) is 27.4 Å². The molecule has 28 heavy (non-hydrogen) atoms. The first kappa shape index (κ1) is 19.7. The first-order valence-corrected chi connectivity index (χ1v) is 9.48. The summed E-state index contributed by atoms with van der Waals surface area (Å²) in [6.45, 7) is 1.99. The second kappa shape index (κ2) is 8.75. The molecule has 0 saturated heterocycles. The fourth-order valence-electron chi connectivity index (χ4n) is 2.81. The average Bonchev–Trinajstić information content (AvgIpc) is 3.07. The molecule has 1 N–H and O–H groups in total. The summed E-state index contributed by atoms with van der Waals surface area (Å²) < 4.78 is 15.7. The molecule has 1 heterocycles. The van der Waals surface area contributed by atoms with E-state index in [1.54, 1.807) is 33.5 Å². The van der Waals surface area contributed by atoms with Crippen LogP contribution < -0.4 is 19.5 Å². The third-order valence-corrected chi connectivity index (χ3v) is 5.11. The van der Waals surface area contributed by atoms with Crippen LogP contribution in [0.25, 0.3) is 11.3 Å². The molecule has 0 saturated carbocycles. The highest BCUT2D eigenvalue weighted by Gasteiger charge is 2.13. The number of aromatic nitrogens is 1. The molecule has 0 radical (unpaired) electrons. The van der Waals surface area contributed by atoms with Crippen LogP contribution in [0.4, 0.5) is 5.13 Å². The second-order valence-electron chi connectivity index (χ2n) is 6.07. The maximum absolute atomic E-state index is 12.4. The fourth-order valence-corrected chi connectivity index (χ4v) is 3.66. The van der Waals surface area contributed by atoms with Crippen molar-refractivity contribution in [2.24, 2.45) is 0 Å². The van der Waals surface area contributed by atoms with Gasteiger partial charge in [-0.25, -0.2) is 4.98 Å². The van der Waals surface area contributed by atoms with Crippen molar-refractivity contribution in [1.82, 2.24) is 4.98 Å². The van der Waals surface area contributed by atoms with Crippen LogP contribution in [0.2, 0.25) is 0 Å². The van der Waals surface area contributed by atoms with E-state index in [-0.39, 0.29) is 12.3 Å². The molecule has 0 spiro atoms. The number of hydrogen-bond donors (Lipinski definition) is 1. The van der Waals surface area contributed by atoms with E-state index in [2.05, 4.69) is 10.3 Å². The van der Waals surface area contributed by atoms with Crippen LogP contribution in [0.5, 0.6) is 17.2 Å². The summed E-state index contributed by atoms with van der Waals surface area (Å²) in [5, 5.41) is 3.46. The summed E-state index contributed by atoms with van der Waals surface area (Å²) in [6, 6.07) is 13.1. The molecule has 0 fully saturated rings. The summed E-state index contributed by atoms with van der Waals surface area (Å²) in [6.07, 6.45) is 0.219. The van der Waals surface area contributed by atoms with Crippen LogP contribution in [-0.4, -0.2) is 32.2 Å². The van der Waals surface area contributed by atoms with Gasteiger partial charge in [-0.2, -0.15) is 0 Å². The van der Waals surface area contributed by atoms with Gasteiger partial charge in [0.05, 0.1) is 33.4 Å². The zero-order valence-corrected chi connectivity index (χ0v) is 17.1. The third-order valence-electron chi connectivity index (χ3n) is 4.22. The number of carbonyl (C=O) groups is 1. The van der Waals surface area contributed by atoms with Crippen LogP contribution in [0, 0.1) is 6.92 Å². The van der Waals surface area contributed by atoms with Crippen LogP contribution in [0.1, 0.15) is 10.4 Å². The molecule has 0 unspecified atom stereocenters. The molecular weight excluding hydrogens is 376 g/mol. The van der Waals surface area contributed by atoms with Gasteiger partial charge in [0.2, 0.25) is 5.91 Å². The number of aryl methyl sites for hydroxylation is 1. The normalized spacial score (nSPS) is 10.4. The number of ether oxygens (including phenoxy) is 3. The quantitative estimate of drug-likeness (QED) is 0.642. The van der Waals surface area contributed by atoms with Crippen molar-refractivity contribution in [3.8, 4) is 28.5 Å². The van der Waals surface area contributed by atoms with Crippen molar-refractivity contribution in [3.63, 3.8) is 0 Å². The van der Waals surface area contributed by atoms with Gasteiger partial charge >= 0.3 is 0 Å². The maximum atomic E-state index is 12.4. The summed E-state index contributed by atoms with van der Waals surface area (Å²) in [5.41, 5.74) is 2.67. The highest BCUT2D eigenvalue weighted by atomic mass is 32.1. The number of nitrogens with one attached hydrogen (secondary N) is 1. The Morgan fingerprint density at radius 2 is 1.71 bits per heavy atom. The number of hydrogen-bond acceptors (Lipinski definition) is 6. The van der Waals surface area contributed by atoms with Crippen LogP contribution in [0.15, 0.2) is 42.5 Å². The summed E-state index contributed by atoms with van der Waals surface area (Å²) >= 11 is 1.45. The number of anilines is 1. The Balaban J connectivity index is 1.71. The topological polar surface area (TPSA) is 69.7 Å². The fraction of sp³-hybridized carbons (Fsp3) is 0.238. The highest BCUT2D eigenvalue weighted by Crippen LogP contribution is 2.32. The monoisotopic (exact) mass is 398 g/mol. The predicted octanol–water partition coefficient (Wildman–Crippen LogP) is 4.33. The van der Waals surface area contributed by atoms with Gasteiger partial charge in [0, 0.05) is 10.4 Å². The smallest absolute Gasteiger partial charge is 0.230 e. The summed E-state index contributed by atoms with van der Waals surface area (Å²) in [5.74, 6) is 1.88. The zero-order valence-electron chi connectivity index (χ0n) is 16.2. The Kier molecular flexibility index (Phi) is 6.16. The van der Waals surface area contributed by atoms with Crippen molar-refractivity contribution in [2.75, 3.05) is 26.6 Å². The molecule has 6 nitrogen and oxygen atoms in total. The SMILES string of the molecule is COc1ccc(-c2nc(NC(=O)Cc3ccc(OC)c(OC)c3)sc2C)cc1. The minimum Gasteiger partial charge on any atom is -0.497 e. The lowest BCUT2D eigenvalue weighted by molar-refractivity contribution is -0.115. The Labute approximate surface area is 168 Å². The molecule has 0 atom stereocenters. The van der Waals surface area contributed by atoms with E-state index in [1.165, 1.54) is 11.3 Å². The van der Waals surface area contributed by atoms with E-state index in [0.29, 0.717) is 16.6 Å². The van der Waals surface area contributed by atoms with Gasteiger partial charge < -0.3 is 19.5 Å². The largest absolute Gasteiger partial charge is 0.497 e. The van der Waals surface area contributed by atoms with E-state index >= 15 is 0 Å². The van der Waals surface area contributed by atoms with Crippen molar-refractivity contribution < 1.29 is 19.0 Å². The molecular formula is C21H22N2O4S. The minimum absolute atomic E-state index is 0.137. The number of thiazole rings is 1. The first-order valence-electron chi connectivity index (χ1n) is 8.66. The maximum Gasteiger partial charge on any atom is 0.230 e. The van der Waals surface area contributed by atoms with Crippen LogP contribution in [-0.2, 0) is 11.2 Å². The molecule has 1 aromatic heterocycles. The number of benzene rings is 2. The van der Waals surface area contributed by atoms with Crippen molar-refractivity contribution in [1.29, 1.82) is 0 Å². The van der Waals surface area contributed by atoms with Gasteiger partial charge in [-0.3, -0.25) is 4.79 Å². The molecule has 3 aromatic rings. The van der Waals surface area contributed by atoms with Crippen molar-refractivity contribution in [2.45, 2.75) is 13.3 Å². The summed E-state index contributed by atoms with van der Waals surface area (Å²) in [4.78, 5) is 18.1. The standard InChI is InChI=1S/C21H22N2O4S/c1-13-20(15-6-8-16(25-2)9-7-15)23-21(28-13)22-19(24)12-14-5-10-17(26-3)18(11-14)27-4/h5-11H,12H2,1-4H3,(H,22,23,24). The molecule has 7 heteroatoms. The van der Waals surface area contributed by atoms with Gasteiger partial charge in [-0.05, 0) is 48.9 Å². The predicted molar refractivity (Wildman–Crippen MR) is 111 cm³/mol. The molecule has 0 aliphatic carbocycles. The first-order chi connectivity index (χ1) is 13.5. The minimum atomic E-state index is -0.137. The Bertz CT molecular complexity index is 967. The van der Waals surface area contributed by atoms with E-state index in [1.807, 2.05) is 37.3 Å². The lowest BCUT2D eigenvalue weighted by atomic mass is 10.1. The Morgan fingerprint density at radius 1 is 1.00 bits per heavy atom. The molecule has 0 aliphatic rings. The number of amides is 1. The van der Waals surface area contributed by atoms with Crippen LogP contribution >= 0.6 is 11.3 Å². The van der Waals surface area contributed by atoms with E-state index in [4.69, 9.17) is 14.2 Å². The molecule has 3 rings (SSSR count). The lowest BCUT2D eigenvalue weighted by Gasteiger charge is -2.09. The number of methoxy groups -OCH3 is 3. The molecule has 0 bridgehead atoms. The molecule has 0 aliphatic heterocycles. The second-order valence-corrected chi connectivity index (χ2v) is 7.27. The zero-order chi connectivity index (χ0) is 20.1. The number of rotatable bonds is 7. The third kappa shape index (κ3) is 4.43.